The van der Waals surface area contributed by atoms with Crippen LogP contribution in [0.25, 0.3) is 0 Å². The molecule has 0 fully saturated rings. The number of aliphatic hydroxyl groups excluding tert-OH is 1. The first-order valence-electron chi connectivity index (χ1n) is 6.84. The standard InChI is InChI=1S/C14H23O7P/c1-6-20-22(16,21-7-2)14(15)10-8-9-11(17-3)13(19-5)12(10)18-4/h8-9,14-15H,6-7H2,1-5H3/t14-/m0/s1. The number of ether oxygens (including phenoxy) is 3. The van der Waals surface area contributed by atoms with Crippen LogP contribution >= 0.6 is 7.60 Å². The van der Waals surface area contributed by atoms with Crippen molar-refractivity contribution in [2.75, 3.05) is 34.5 Å². The van der Waals surface area contributed by atoms with Crippen molar-refractivity contribution >= 4 is 7.60 Å². The third-order valence-corrected chi connectivity index (χ3v) is 5.04. The third-order valence-electron chi connectivity index (χ3n) is 2.93. The summed E-state index contributed by atoms with van der Waals surface area (Å²) in [6.45, 7) is 3.63. The van der Waals surface area contributed by atoms with Crippen LogP contribution in [-0.2, 0) is 13.6 Å². The maximum absolute atomic E-state index is 12.7. The monoisotopic (exact) mass is 334 g/mol. The van der Waals surface area contributed by atoms with Crippen molar-refractivity contribution in [1.29, 1.82) is 0 Å². The number of rotatable bonds is 9. The second-order valence-electron chi connectivity index (χ2n) is 4.17. The molecular formula is C14H23O7P. The summed E-state index contributed by atoms with van der Waals surface area (Å²) >= 11 is 0. The van der Waals surface area contributed by atoms with Crippen LogP contribution in [0.15, 0.2) is 12.1 Å². The Morgan fingerprint density at radius 2 is 1.55 bits per heavy atom. The molecule has 0 aromatic heterocycles. The van der Waals surface area contributed by atoms with Crippen LogP contribution in [0.5, 0.6) is 17.2 Å². The van der Waals surface area contributed by atoms with Gasteiger partial charge in [-0.05, 0) is 26.0 Å². The Hall–Kier alpha value is -1.27. The van der Waals surface area contributed by atoms with Gasteiger partial charge in [0.05, 0.1) is 34.5 Å². The van der Waals surface area contributed by atoms with Gasteiger partial charge in [-0.1, -0.05) is 0 Å². The molecule has 0 spiro atoms. The van der Waals surface area contributed by atoms with Crippen LogP contribution in [0, 0.1) is 0 Å². The van der Waals surface area contributed by atoms with Crippen molar-refractivity contribution in [3.8, 4) is 17.2 Å². The van der Waals surface area contributed by atoms with Gasteiger partial charge in [0, 0.05) is 5.56 Å². The van der Waals surface area contributed by atoms with Crippen molar-refractivity contribution in [3.63, 3.8) is 0 Å². The minimum Gasteiger partial charge on any atom is -0.493 e. The lowest BCUT2D eigenvalue weighted by Crippen LogP contribution is -2.08. The minimum atomic E-state index is -3.75. The van der Waals surface area contributed by atoms with E-state index in [9.17, 15) is 9.67 Å². The molecule has 0 radical (unpaired) electrons. The smallest absolute Gasteiger partial charge is 0.363 e. The third kappa shape index (κ3) is 3.73. The zero-order chi connectivity index (χ0) is 16.8. The number of methoxy groups -OCH3 is 3. The second-order valence-corrected chi connectivity index (χ2v) is 6.26. The van der Waals surface area contributed by atoms with Crippen molar-refractivity contribution in [2.45, 2.75) is 19.7 Å². The molecule has 7 nitrogen and oxygen atoms in total. The molecule has 1 atom stereocenters. The van der Waals surface area contributed by atoms with E-state index in [4.69, 9.17) is 23.3 Å². The summed E-state index contributed by atoms with van der Waals surface area (Å²) in [6.07, 6.45) is 0. The van der Waals surface area contributed by atoms with Gasteiger partial charge in [-0.25, -0.2) is 0 Å². The number of benzene rings is 1. The van der Waals surface area contributed by atoms with Gasteiger partial charge in [-0.2, -0.15) is 0 Å². The Balaban J connectivity index is 3.38. The molecule has 0 amide bonds. The molecule has 0 bridgehead atoms. The Morgan fingerprint density at radius 3 is 1.95 bits per heavy atom. The molecule has 1 N–H and O–H groups in total. The zero-order valence-corrected chi connectivity index (χ0v) is 14.4. The highest BCUT2D eigenvalue weighted by molar-refractivity contribution is 7.54. The van der Waals surface area contributed by atoms with Gasteiger partial charge < -0.3 is 28.4 Å². The van der Waals surface area contributed by atoms with Crippen LogP contribution in [-0.4, -0.2) is 39.6 Å². The fourth-order valence-corrected chi connectivity index (χ4v) is 3.66. The second kappa shape index (κ2) is 8.39. The average Bonchev–Trinajstić information content (AvgIpc) is 2.52. The summed E-state index contributed by atoms with van der Waals surface area (Å²) in [5, 5.41) is 10.5. The number of aliphatic hydroxyl groups is 1. The van der Waals surface area contributed by atoms with Crippen LogP contribution in [0.2, 0.25) is 0 Å². The first-order valence-corrected chi connectivity index (χ1v) is 8.45. The fraction of sp³-hybridized carbons (Fsp3) is 0.571. The Kier molecular flexibility index (Phi) is 7.16. The van der Waals surface area contributed by atoms with Gasteiger partial charge in [0.25, 0.3) is 0 Å². The Bertz CT molecular complexity index is 522. The summed E-state index contributed by atoms with van der Waals surface area (Å²) in [7, 11) is 0.600. The van der Waals surface area contributed by atoms with E-state index in [-0.39, 0.29) is 24.5 Å². The molecule has 1 aromatic carbocycles. The molecular weight excluding hydrogens is 311 g/mol. The molecule has 0 aliphatic carbocycles. The van der Waals surface area contributed by atoms with Crippen molar-refractivity contribution in [1.82, 2.24) is 0 Å². The SMILES string of the molecule is CCOP(=O)(OCC)[C@H](O)c1ccc(OC)c(OC)c1OC. The van der Waals surface area contributed by atoms with Crippen molar-refractivity contribution in [3.05, 3.63) is 17.7 Å². The zero-order valence-electron chi connectivity index (χ0n) is 13.5. The minimum absolute atomic E-state index is 0.143. The normalized spacial score (nSPS) is 12.8. The lowest BCUT2D eigenvalue weighted by molar-refractivity contribution is 0.148. The van der Waals surface area contributed by atoms with E-state index >= 15 is 0 Å². The largest absolute Gasteiger partial charge is 0.493 e. The quantitative estimate of drug-likeness (QED) is 0.695. The van der Waals surface area contributed by atoms with Crippen LogP contribution in [0.4, 0.5) is 0 Å². The maximum atomic E-state index is 12.7. The van der Waals surface area contributed by atoms with E-state index in [1.54, 1.807) is 19.9 Å². The van der Waals surface area contributed by atoms with Gasteiger partial charge >= 0.3 is 7.60 Å². The summed E-state index contributed by atoms with van der Waals surface area (Å²) < 4.78 is 38.8. The summed E-state index contributed by atoms with van der Waals surface area (Å²) in [6, 6.07) is 3.12. The van der Waals surface area contributed by atoms with E-state index in [0.717, 1.165) is 0 Å². The molecule has 0 saturated heterocycles. The van der Waals surface area contributed by atoms with E-state index < -0.39 is 13.4 Å². The molecule has 1 aromatic rings. The maximum Gasteiger partial charge on any atom is 0.363 e. The molecule has 22 heavy (non-hydrogen) atoms. The highest BCUT2D eigenvalue weighted by Crippen LogP contribution is 2.62. The van der Waals surface area contributed by atoms with Crippen molar-refractivity contribution in [2.24, 2.45) is 0 Å². The van der Waals surface area contributed by atoms with Gasteiger partial charge in [0.15, 0.2) is 17.3 Å². The van der Waals surface area contributed by atoms with Crippen LogP contribution in [0.3, 0.4) is 0 Å². The lowest BCUT2D eigenvalue weighted by atomic mass is 10.2. The summed E-state index contributed by atoms with van der Waals surface area (Å²) in [5.74, 6) is -0.560. The predicted octanol–water partition coefficient (Wildman–Crippen LogP) is 2.97. The molecule has 126 valence electrons. The molecule has 0 unspecified atom stereocenters. The molecule has 0 heterocycles. The Morgan fingerprint density at radius 1 is 1.00 bits per heavy atom. The predicted molar refractivity (Wildman–Crippen MR) is 81.9 cm³/mol. The molecule has 8 heteroatoms. The lowest BCUT2D eigenvalue weighted by Gasteiger charge is -2.24. The number of hydrogen-bond acceptors (Lipinski definition) is 7. The van der Waals surface area contributed by atoms with Gasteiger partial charge in [-0.3, -0.25) is 4.57 Å². The average molecular weight is 334 g/mol. The van der Waals surface area contributed by atoms with Crippen LogP contribution in [0.1, 0.15) is 25.3 Å². The van der Waals surface area contributed by atoms with E-state index in [0.29, 0.717) is 11.5 Å². The highest BCUT2D eigenvalue weighted by Gasteiger charge is 2.38. The first-order chi connectivity index (χ1) is 10.5. The molecule has 0 saturated carbocycles. The van der Waals surface area contributed by atoms with Crippen LogP contribution < -0.4 is 14.2 Å². The van der Waals surface area contributed by atoms with Crippen molar-refractivity contribution < 1.29 is 32.9 Å². The summed E-state index contributed by atoms with van der Waals surface area (Å²) in [4.78, 5) is 0. The van der Waals surface area contributed by atoms with E-state index in [2.05, 4.69) is 0 Å². The number of hydrogen-bond donors (Lipinski definition) is 1. The summed E-state index contributed by atoms with van der Waals surface area (Å²) in [5.41, 5.74) is 0.241. The van der Waals surface area contributed by atoms with Gasteiger partial charge in [0.2, 0.25) is 5.75 Å². The molecule has 0 aliphatic heterocycles. The first kappa shape index (κ1) is 18.8. The molecule has 1 rings (SSSR count). The van der Waals surface area contributed by atoms with Gasteiger partial charge in [-0.15, -0.1) is 0 Å². The van der Waals surface area contributed by atoms with Gasteiger partial charge in [0.1, 0.15) is 0 Å². The fourth-order valence-electron chi connectivity index (χ4n) is 2.04. The Labute approximate surface area is 130 Å². The van der Waals surface area contributed by atoms with E-state index in [1.165, 1.54) is 27.4 Å². The topological polar surface area (TPSA) is 83.5 Å². The van der Waals surface area contributed by atoms with E-state index in [1.807, 2.05) is 0 Å². The highest BCUT2D eigenvalue weighted by atomic mass is 31.2. The molecule has 0 aliphatic rings.